The van der Waals surface area contributed by atoms with Crippen molar-refractivity contribution >= 4 is 15.9 Å². The fraction of sp³-hybridized carbons (Fsp3) is 0.647. The lowest BCUT2D eigenvalue weighted by Gasteiger charge is -2.33. The third-order valence-corrected chi connectivity index (χ3v) is 5.27. The van der Waals surface area contributed by atoms with Gasteiger partial charge in [0.25, 0.3) is 0 Å². The Morgan fingerprint density at radius 2 is 2.00 bits per heavy atom. The van der Waals surface area contributed by atoms with Crippen LogP contribution in [0.25, 0.3) is 0 Å². The zero-order chi connectivity index (χ0) is 14.7. The monoisotopic (exact) mass is 356 g/mol. The summed E-state index contributed by atoms with van der Waals surface area (Å²) in [5.41, 5.74) is 1.01. The molecule has 0 N–H and O–H groups in total. The van der Waals surface area contributed by atoms with Crippen molar-refractivity contribution in [2.45, 2.75) is 62.0 Å². The maximum absolute atomic E-state index is 13.5. The smallest absolute Gasteiger partial charge is 0.127 e. The summed E-state index contributed by atoms with van der Waals surface area (Å²) in [7, 11) is 0. The third-order valence-electron chi connectivity index (χ3n) is 4.62. The van der Waals surface area contributed by atoms with E-state index in [1.54, 1.807) is 0 Å². The average Bonchev–Trinajstić information content (AvgIpc) is 2.88. The summed E-state index contributed by atoms with van der Waals surface area (Å²) in [4.78, 5) is 0. The topological polar surface area (TPSA) is 18.5 Å². The Balaban J connectivity index is 1.55. The van der Waals surface area contributed by atoms with Gasteiger partial charge in [-0.25, -0.2) is 4.39 Å². The molecule has 1 atom stereocenters. The van der Waals surface area contributed by atoms with Crippen LogP contribution < -0.4 is 4.74 Å². The van der Waals surface area contributed by atoms with Gasteiger partial charge >= 0.3 is 0 Å². The first-order chi connectivity index (χ1) is 10.2. The second-order valence-electron chi connectivity index (χ2n) is 6.26. The predicted octanol–water partition coefficient (Wildman–Crippen LogP) is 4.98. The summed E-state index contributed by atoms with van der Waals surface area (Å²) in [5, 5.41) is 0.629. The SMILES string of the molecule is Fc1cc(CBr)cc(OCC2CCC3(CCCCC3)O2)c1. The highest BCUT2D eigenvalue weighted by molar-refractivity contribution is 9.08. The molecule has 0 bridgehead atoms. The molecule has 1 spiro atoms. The molecule has 0 aromatic heterocycles. The molecule has 0 amide bonds. The lowest BCUT2D eigenvalue weighted by molar-refractivity contribution is -0.0748. The molecule has 1 aliphatic heterocycles. The van der Waals surface area contributed by atoms with Crippen molar-refractivity contribution in [1.82, 2.24) is 0 Å². The quantitative estimate of drug-likeness (QED) is 0.708. The first-order valence-corrected chi connectivity index (χ1v) is 8.97. The van der Waals surface area contributed by atoms with Gasteiger partial charge in [-0.05, 0) is 43.4 Å². The number of hydrogen-bond donors (Lipinski definition) is 0. The maximum atomic E-state index is 13.5. The average molecular weight is 357 g/mol. The van der Waals surface area contributed by atoms with E-state index < -0.39 is 0 Å². The van der Waals surface area contributed by atoms with Gasteiger partial charge in [-0.3, -0.25) is 0 Å². The molecule has 1 saturated carbocycles. The highest BCUT2D eigenvalue weighted by Crippen LogP contribution is 2.41. The van der Waals surface area contributed by atoms with E-state index in [9.17, 15) is 4.39 Å². The molecule has 4 heteroatoms. The Morgan fingerprint density at radius 3 is 2.76 bits per heavy atom. The van der Waals surface area contributed by atoms with Gasteiger partial charge in [-0.2, -0.15) is 0 Å². The van der Waals surface area contributed by atoms with Crippen molar-refractivity contribution in [2.75, 3.05) is 6.61 Å². The zero-order valence-corrected chi connectivity index (χ0v) is 13.8. The van der Waals surface area contributed by atoms with Gasteiger partial charge in [0.2, 0.25) is 0 Å². The molecule has 1 aliphatic carbocycles. The van der Waals surface area contributed by atoms with Gasteiger partial charge in [0.05, 0.1) is 11.7 Å². The Bertz CT molecular complexity index is 486. The number of hydrogen-bond acceptors (Lipinski definition) is 2. The largest absolute Gasteiger partial charge is 0.491 e. The van der Waals surface area contributed by atoms with Crippen molar-refractivity contribution in [3.8, 4) is 5.75 Å². The van der Waals surface area contributed by atoms with Crippen molar-refractivity contribution in [1.29, 1.82) is 0 Å². The van der Waals surface area contributed by atoms with Gasteiger partial charge in [0.1, 0.15) is 18.2 Å². The second kappa shape index (κ2) is 6.66. The lowest BCUT2D eigenvalue weighted by Crippen LogP contribution is -2.32. The van der Waals surface area contributed by atoms with E-state index in [1.807, 2.05) is 6.07 Å². The van der Waals surface area contributed by atoms with Gasteiger partial charge in [0.15, 0.2) is 0 Å². The lowest BCUT2D eigenvalue weighted by atomic mass is 9.83. The van der Waals surface area contributed by atoms with Crippen LogP contribution in [0.2, 0.25) is 0 Å². The third kappa shape index (κ3) is 3.78. The molecule has 0 radical (unpaired) electrons. The summed E-state index contributed by atoms with van der Waals surface area (Å²) in [6.45, 7) is 0.521. The molecule has 2 fully saturated rings. The van der Waals surface area contributed by atoms with E-state index in [-0.39, 0.29) is 17.5 Å². The molecular formula is C17H22BrFO2. The summed E-state index contributed by atoms with van der Waals surface area (Å²) in [6, 6.07) is 4.84. The van der Waals surface area contributed by atoms with E-state index >= 15 is 0 Å². The highest BCUT2D eigenvalue weighted by atomic mass is 79.9. The minimum absolute atomic E-state index is 0.120. The minimum Gasteiger partial charge on any atom is -0.491 e. The van der Waals surface area contributed by atoms with Crippen LogP contribution in [0.4, 0.5) is 4.39 Å². The fourth-order valence-electron chi connectivity index (χ4n) is 3.55. The molecule has 1 unspecified atom stereocenters. The fourth-order valence-corrected chi connectivity index (χ4v) is 3.87. The molecule has 1 saturated heterocycles. The highest BCUT2D eigenvalue weighted by Gasteiger charge is 2.40. The number of alkyl halides is 1. The van der Waals surface area contributed by atoms with Gasteiger partial charge < -0.3 is 9.47 Å². The number of rotatable bonds is 4. The van der Waals surface area contributed by atoms with Crippen LogP contribution in [0.15, 0.2) is 18.2 Å². The van der Waals surface area contributed by atoms with Gasteiger partial charge in [0, 0.05) is 11.4 Å². The van der Waals surface area contributed by atoms with Crippen molar-refractivity contribution < 1.29 is 13.9 Å². The first kappa shape index (κ1) is 15.3. The molecule has 2 nitrogen and oxygen atoms in total. The summed E-state index contributed by atoms with van der Waals surface area (Å²) >= 11 is 3.34. The molecule has 1 heterocycles. The number of halogens is 2. The van der Waals surface area contributed by atoms with Crippen molar-refractivity contribution in [2.24, 2.45) is 0 Å². The Labute approximate surface area is 134 Å². The normalized spacial score (nSPS) is 24.4. The van der Waals surface area contributed by atoms with Crippen LogP contribution in [0.1, 0.15) is 50.5 Å². The van der Waals surface area contributed by atoms with E-state index in [1.165, 1.54) is 44.2 Å². The standard InChI is InChI=1S/C17H22BrFO2/c18-11-13-8-14(19)10-16(9-13)20-12-15-4-7-17(21-15)5-2-1-3-6-17/h8-10,15H,1-7,11-12H2. The van der Waals surface area contributed by atoms with E-state index in [2.05, 4.69) is 15.9 Å². The zero-order valence-electron chi connectivity index (χ0n) is 12.2. The molecule has 2 aliphatic rings. The number of benzene rings is 1. The molecule has 1 aromatic carbocycles. The number of ether oxygens (including phenoxy) is 2. The van der Waals surface area contributed by atoms with Gasteiger partial charge in [-0.1, -0.05) is 35.2 Å². The summed E-state index contributed by atoms with van der Waals surface area (Å²) in [6.07, 6.45) is 8.65. The summed E-state index contributed by atoms with van der Waals surface area (Å²) in [5.74, 6) is 0.343. The first-order valence-electron chi connectivity index (χ1n) is 7.85. The van der Waals surface area contributed by atoms with Crippen molar-refractivity contribution in [3.05, 3.63) is 29.6 Å². The van der Waals surface area contributed by atoms with Gasteiger partial charge in [-0.15, -0.1) is 0 Å². The minimum atomic E-state index is -0.252. The van der Waals surface area contributed by atoms with Crippen LogP contribution >= 0.6 is 15.9 Å². The Morgan fingerprint density at radius 1 is 1.19 bits per heavy atom. The summed E-state index contributed by atoms with van der Waals surface area (Å²) < 4.78 is 25.5. The second-order valence-corrected chi connectivity index (χ2v) is 6.82. The molecule has 116 valence electrons. The molecular weight excluding hydrogens is 335 g/mol. The van der Waals surface area contributed by atoms with Crippen LogP contribution in [-0.2, 0) is 10.1 Å². The molecule has 1 aromatic rings. The maximum Gasteiger partial charge on any atom is 0.127 e. The van der Waals surface area contributed by atoms with E-state index in [4.69, 9.17) is 9.47 Å². The predicted molar refractivity (Wildman–Crippen MR) is 84.4 cm³/mol. The van der Waals surface area contributed by atoms with Crippen LogP contribution in [0.3, 0.4) is 0 Å². The van der Waals surface area contributed by atoms with Crippen molar-refractivity contribution in [3.63, 3.8) is 0 Å². The molecule has 21 heavy (non-hydrogen) atoms. The molecule has 3 rings (SSSR count). The van der Waals surface area contributed by atoms with Crippen LogP contribution in [0, 0.1) is 5.82 Å². The Kier molecular flexibility index (Phi) is 4.85. The van der Waals surface area contributed by atoms with E-state index in [0.29, 0.717) is 17.7 Å². The van der Waals surface area contributed by atoms with Crippen LogP contribution in [-0.4, -0.2) is 18.3 Å². The Hall–Kier alpha value is -0.610. The van der Waals surface area contributed by atoms with Crippen LogP contribution in [0.5, 0.6) is 5.75 Å². The van der Waals surface area contributed by atoms with E-state index in [0.717, 1.165) is 18.4 Å².